The minimum absolute atomic E-state index is 0. The van der Waals surface area contributed by atoms with Gasteiger partial charge in [-0.3, -0.25) is 9.59 Å². The number of rotatable bonds is 8. The lowest BCUT2D eigenvalue weighted by atomic mass is 9.86. The molecule has 3 amide bonds. The van der Waals surface area contributed by atoms with Crippen LogP contribution in [-0.2, 0) is 35.7 Å². The quantitative estimate of drug-likeness (QED) is 0.111. The fourth-order valence-corrected chi connectivity index (χ4v) is 7.69. The number of nitrogens with zero attached hydrogens (tertiary/aromatic N) is 9. The molecule has 0 saturated heterocycles. The van der Waals surface area contributed by atoms with Crippen LogP contribution >= 0.6 is 0 Å². The van der Waals surface area contributed by atoms with Crippen LogP contribution in [-0.4, -0.2) is 98.1 Å². The van der Waals surface area contributed by atoms with E-state index in [1.165, 1.54) is 0 Å². The molecular formula is C50H65F3N12O8. The van der Waals surface area contributed by atoms with E-state index in [0.717, 1.165) is 35.7 Å². The van der Waals surface area contributed by atoms with E-state index in [1.807, 2.05) is 128 Å². The molecule has 2 aromatic carbocycles. The molecule has 2 aliphatic rings. The van der Waals surface area contributed by atoms with Gasteiger partial charge in [-0.05, 0) is 45.4 Å². The number of imidazole rings is 2. The van der Waals surface area contributed by atoms with Crippen molar-refractivity contribution in [3.63, 3.8) is 0 Å². The molecule has 73 heavy (non-hydrogen) atoms. The largest absolute Gasteiger partial charge is 0.490 e. The Hall–Kier alpha value is -7.43. The van der Waals surface area contributed by atoms with Gasteiger partial charge >= 0.3 is 18.2 Å². The number of benzene rings is 2. The molecule has 0 saturated carbocycles. The maximum absolute atomic E-state index is 13.7. The zero-order valence-electron chi connectivity index (χ0n) is 42.1. The number of aryl methyl sites for hydroxylation is 2. The maximum atomic E-state index is 13.7. The summed E-state index contributed by atoms with van der Waals surface area (Å²) in [6.07, 6.45) is -5.50. The highest BCUT2D eigenvalue weighted by Gasteiger charge is 2.39. The van der Waals surface area contributed by atoms with Crippen LogP contribution in [0.4, 0.5) is 18.0 Å². The Morgan fingerprint density at radius 1 is 0.671 bits per heavy atom. The normalized spacial score (nSPS) is 14.4. The number of carbonyl (C=O) groups excluding carboxylic acids is 3. The molecule has 0 spiro atoms. The highest BCUT2D eigenvalue weighted by Crippen LogP contribution is 2.35. The number of halogens is 3. The van der Waals surface area contributed by atoms with Gasteiger partial charge in [0.25, 0.3) is 11.8 Å². The summed E-state index contributed by atoms with van der Waals surface area (Å²) < 4.78 is 52.2. The number of amides is 3. The summed E-state index contributed by atoms with van der Waals surface area (Å²) in [7, 11) is 0. The Kier molecular flexibility index (Phi) is 17.4. The molecule has 20 nitrogen and oxygen atoms in total. The van der Waals surface area contributed by atoms with E-state index in [2.05, 4.69) is 40.8 Å². The van der Waals surface area contributed by atoms with E-state index in [1.54, 1.807) is 18.7 Å². The van der Waals surface area contributed by atoms with Crippen molar-refractivity contribution in [2.75, 3.05) is 13.1 Å². The lowest BCUT2D eigenvalue weighted by molar-refractivity contribution is -0.192. The molecule has 0 aliphatic carbocycles. The van der Waals surface area contributed by atoms with Crippen molar-refractivity contribution in [2.24, 2.45) is 10.8 Å². The van der Waals surface area contributed by atoms with Crippen molar-refractivity contribution in [3.8, 4) is 22.8 Å². The number of nitrogens with one attached hydrogen (secondary N) is 3. The Morgan fingerprint density at radius 2 is 1.10 bits per heavy atom. The zero-order chi connectivity index (χ0) is 52.9. The molecule has 2 aliphatic heterocycles. The van der Waals surface area contributed by atoms with Crippen LogP contribution in [0.15, 0.2) is 69.7 Å². The van der Waals surface area contributed by atoms with E-state index in [4.69, 9.17) is 33.7 Å². The van der Waals surface area contributed by atoms with E-state index < -0.39 is 41.3 Å². The Morgan fingerprint density at radius 3 is 1.48 bits per heavy atom. The number of aliphatic carboxylic acids is 1. The van der Waals surface area contributed by atoms with Crippen LogP contribution in [0.2, 0.25) is 0 Å². The average molecular weight is 1020 g/mol. The van der Waals surface area contributed by atoms with E-state index in [-0.39, 0.29) is 36.9 Å². The summed E-state index contributed by atoms with van der Waals surface area (Å²) in [4.78, 5) is 68.5. The SMILES string of the molecule is C.Cc1noc([C@@H](NC(=O)c2nc(-c3ccccc3)n3c2CN(C(=O)OC(C)(C)C)CC3)C(C)(C)C)n1.Cc1noc([C@@H](NC(=O)c2nc(-c3ccccc3)n3c2CNCC3)C(C)(C)C)n1.O=C(O)C(F)(F)F. The molecule has 0 fully saturated rings. The average Bonchev–Trinajstić information content (AvgIpc) is 4.11. The third-order valence-corrected chi connectivity index (χ3v) is 11.1. The van der Waals surface area contributed by atoms with Crippen molar-refractivity contribution in [3.05, 3.63) is 107 Å². The van der Waals surface area contributed by atoms with Gasteiger partial charge in [-0.15, -0.1) is 0 Å². The van der Waals surface area contributed by atoms with E-state index in [0.29, 0.717) is 60.3 Å². The lowest BCUT2D eigenvalue weighted by Crippen LogP contribution is -2.42. The fourth-order valence-electron chi connectivity index (χ4n) is 7.69. The number of hydrogen-bond acceptors (Lipinski definition) is 14. The number of alkyl halides is 3. The molecule has 0 bridgehead atoms. The van der Waals surface area contributed by atoms with Crippen molar-refractivity contribution in [1.82, 2.24) is 60.2 Å². The van der Waals surface area contributed by atoms with Gasteiger partial charge in [0.05, 0.1) is 17.9 Å². The highest BCUT2D eigenvalue weighted by molar-refractivity contribution is 5.95. The predicted octanol–water partition coefficient (Wildman–Crippen LogP) is 8.64. The first-order chi connectivity index (χ1) is 33.6. The van der Waals surface area contributed by atoms with E-state index in [9.17, 15) is 27.6 Å². The number of carboxylic acids is 1. The monoisotopic (exact) mass is 1020 g/mol. The zero-order valence-corrected chi connectivity index (χ0v) is 42.1. The second kappa shape index (κ2) is 22.6. The molecule has 394 valence electrons. The molecule has 4 aromatic heterocycles. The Labute approximate surface area is 421 Å². The minimum atomic E-state index is -5.08. The number of hydrogen-bond donors (Lipinski definition) is 4. The van der Waals surface area contributed by atoms with Gasteiger partial charge in [0, 0.05) is 43.9 Å². The van der Waals surface area contributed by atoms with Crippen LogP contribution in [0.25, 0.3) is 22.8 Å². The number of fused-ring (bicyclic) bond motifs is 2. The number of carbonyl (C=O) groups is 4. The van der Waals surface area contributed by atoms with Crippen molar-refractivity contribution in [1.29, 1.82) is 0 Å². The molecule has 8 rings (SSSR count). The second-order valence-corrected chi connectivity index (χ2v) is 20.3. The number of ether oxygens (including phenoxy) is 1. The van der Waals surface area contributed by atoms with Gasteiger partial charge in [-0.1, -0.05) is 120 Å². The van der Waals surface area contributed by atoms with Gasteiger partial charge in [-0.2, -0.15) is 23.1 Å². The Bertz CT molecular complexity index is 2850. The second-order valence-electron chi connectivity index (χ2n) is 20.3. The van der Waals surface area contributed by atoms with Gasteiger partial charge in [0.15, 0.2) is 23.0 Å². The van der Waals surface area contributed by atoms with Gasteiger partial charge in [0.1, 0.15) is 29.3 Å². The van der Waals surface area contributed by atoms with Gasteiger partial charge < -0.3 is 48.9 Å². The summed E-state index contributed by atoms with van der Waals surface area (Å²) in [5.74, 6) is -0.108. The molecule has 6 aromatic rings. The predicted molar refractivity (Wildman–Crippen MR) is 261 cm³/mol. The van der Waals surface area contributed by atoms with Crippen LogP contribution in [0.3, 0.4) is 0 Å². The minimum Gasteiger partial charge on any atom is -0.475 e. The Balaban J connectivity index is 0.000000240. The summed E-state index contributed by atoms with van der Waals surface area (Å²) >= 11 is 0. The first kappa shape index (κ1) is 56.5. The topological polar surface area (TPSA) is 251 Å². The summed E-state index contributed by atoms with van der Waals surface area (Å²) in [6.45, 7) is 24.4. The van der Waals surface area contributed by atoms with Crippen molar-refractivity contribution < 1.29 is 51.2 Å². The summed E-state index contributed by atoms with van der Waals surface area (Å²) in [5.41, 5.74) is 2.78. The smallest absolute Gasteiger partial charge is 0.475 e. The molecule has 0 unspecified atom stereocenters. The molecular weight excluding hydrogens is 954 g/mol. The van der Waals surface area contributed by atoms with Crippen LogP contribution < -0.4 is 16.0 Å². The van der Waals surface area contributed by atoms with Gasteiger partial charge in [-0.25, -0.2) is 19.6 Å². The third kappa shape index (κ3) is 14.2. The van der Waals surface area contributed by atoms with Gasteiger partial charge in [0.2, 0.25) is 11.8 Å². The fraction of sp³-hybridized carbons (Fsp3) is 0.480. The van der Waals surface area contributed by atoms with E-state index >= 15 is 0 Å². The molecule has 2 atom stereocenters. The molecule has 23 heteroatoms. The maximum Gasteiger partial charge on any atom is 0.490 e. The molecule has 4 N–H and O–H groups in total. The first-order valence-electron chi connectivity index (χ1n) is 23.1. The molecule has 0 radical (unpaired) electrons. The summed E-state index contributed by atoms with van der Waals surface area (Å²) in [5, 5.41) is 24.4. The van der Waals surface area contributed by atoms with Crippen LogP contribution in [0.1, 0.15) is 138 Å². The highest BCUT2D eigenvalue weighted by atomic mass is 19.4. The standard InChI is InChI=1S/C26H34N6O4.C21H26N6O2.C2HF3O2.CH4/c1-16-27-23(36-30-16)20(25(2,3)4)29-22(33)19-18-15-31(24(34)35-26(5,6)7)13-14-32(18)21(28-19)17-11-9-8-10-12-17;1-13-23-20(29-26-13)17(21(2,3)4)25-19(28)16-15-12-22-10-11-27(15)18(24-16)14-8-6-5-7-9-14;3-2(4,5)1(6)7;/h8-12,20H,13-15H2,1-7H3,(H,29,33);5-9,17,22H,10-12H2,1-4H3,(H,25,28);(H,6,7);1H4/t20-;17-;;/m11../s1. The summed E-state index contributed by atoms with van der Waals surface area (Å²) in [6, 6.07) is 18.7. The number of aromatic nitrogens is 8. The molecule has 6 heterocycles. The first-order valence-corrected chi connectivity index (χ1v) is 23.1. The lowest BCUT2D eigenvalue weighted by Gasteiger charge is -2.32. The van der Waals surface area contributed by atoms with Crippen LogP contribution in [0, 0.1) is 24.7 Å². The van der Waals surface area contributed by atoms with Crippen molar-refractivity contribution >= 4 is 23.9 Å². The van der Waals surface area contributed by atoms with Crippen molar-refractivity contribution in [2.45, 2.75) is 134 Å². The third-order valence-electron chi connectivity index (χ3n) is 11.1. The number of carboxylic acid groups (broad SMARTS) is 1. The van der Waals surface area contributed by atoms with Crippen LogP contribution in [0.5, 0.6) is 0 Å².